The molecule has 1 fully saturated rings. The lowest BCUT2D eigenvalue weighted by Crippen LogP contribution is -2.44. The highest BCUT2D eigenvalue weighted by Gasteiger charge is 2.29. The number of hydrogen-bond donors (Lipinski definition) is 1. The predicted octanol–water partition coefficient (Wildman–Crippen LogP) is 1.35. The Labute approximate surface area is 86.6 Å². The van der Waals surface area contributed by atoms with Crippen LogP contribution in [0.5, 0.6) is 0 Å². The van der Waals surface area contributed by atoms with E-state index in [1.807, 2.05) is 0 Å². The normalized spacial score (nSPS) is 22.9. The second-order valence-corrected chi connectivity index (χ2v) is 3.85. The van der Waals surface area contributed by atoms with Crippen LogP contribution in [0.1, 0.15) is 19.8 Å². The van der Waals surface area contributed by atoms with Gasteiger partial charge >= 0.3 is 6.30 Å². The van der Waals surface area contributed by atoms with Crippen LogP contribution in [-0.2, 0) is 4.79 Å². The number of likely N-dealkylation sites (tertiary alicyclic amines) is 1. The molecule has 1 amide bonds. The van der Waals surface area contributed by atoms with Gasteiger partial charge in [0.1, 0.15) is 0 Å². The Bertz CT molecular complexity index is 230. The standard InChI is InChI=1S/C9H15F3N2O/c1-7(15)14-4-2-3-8(6-14)5-13-9(10,11)12/h8,13H,2-6H2,1H3/t8-/m1/s1. The smallest absolute Gasteiger partial charge is 0.343 e. The quantitative estimate of drug-likeness (QED) is 0.718. The van der Waals surface area contributed by atoms with E-state index < -0.39 is 6.30 Å². The first kappa shape index (κ1) is 12.3. The Kier molecular flexibility index (Phi) is 3.96. The molecule has 0 aromatic heterocycles. The summed E-state index contributed by atoms with van der Waals surface area (Å²) in [7, 11) is 0. The van der Waals surface area contributed by atoms with E-state index in [4.69, 9.17) is 0 Å². The maximum atomic E-state index is 11.9. The number of piperidine rings is 1. The highest BCUT2D eigenvalue weighted by atomic mass is 19.4. The molecular weight excluding hydrogens is 209 g/mol. The fourth-order valence-corrected chi connectivity index (χ4v) is 1.78. The third-order valence-electron chi connectivity index (χ3n) is 2.56. The van der Waals surface area contributed by atoms with Crippen molar-refractivity contribution in [1.29, 1.82) is 0 Å². The van der Waals surface area contributed by atoms with Gasteiger partial charge in [-0.1, -0.05) is 0 Å². The van der Waals surface area contributed by atoms with Crippen LogP contribution in [0.4, 0.5) is 13.2 Å². The van der Waals surface area contributed by atoms with Gasteiger partial charge in [0.05, 0.1) is 0 Å². The monoisotopic (exact) mass is 224 g/mol. The molecule has 1 aliphatic heterocycles. The number of alkyl halides is 3. The van der Waals surface area contributed by atoms with Crippen molar-refractivity contribution in [2.45, 2.75) is 26.1 Å². The third-order valence-corrected chi connectivity index (χ3v) is 2.56. The molecule has 0 spiro atoms. The Hall–Kier alpha value is -0.780. The topological polar surface area (TPSA) is 32.3 Å². The van der Waals surface area contributed by atoms with Crippen molar-refractivity contribution in [3.8, 4) is 0 Å². The highest BCUT2D eigenvalue weighted by molar-refractivity contribution is 5.73. The number of hydrogen-bond acceptors (Lipinski definition) is 2. The van der Waals surface area contributed by atoms with Crippen LogP contribution in [-0.4, -0.2) is 36.7 Å². The first-order valence-corrected chi connectivity index (χ1v) is 4.96. The van der Waals surface area contributed by atoms with Gasteiger partial charge in [0.25, 0.3) is 0 Å². The molecule has 15 heavy (non-hydrogen) atoms. The molecule has 1 rings (SSSR count). The zero-order valence-corrected chi connectivity index (χ0v) is 8.60. The average molecular weight is 224 g/mol. The maximum Gasteiger partial charge on any atom is 0.457 e. The number of carbonyl (C=O) groups excluding carboxylic acids is 1. The lowest BCUT2D eigenvalue weighted by Gasteiger charge is -2.32. The molecule has 0 aliphatic carbocycles. The second-order valence-electron chi connectivity index (χ2n) is 3.85. The highest BCUT2D eigenvalue weighted by Crippen LogP contribution is 2.18. The van der Waals surface area contributed by atoms with Crippen LogP contribution in [0, 0.1) is 5.92 Å². The van der Waals surface area contributed by atoms with E-state index in [2.05, 4.69) is 0 Å². The zero-order valence-electron chi connectivity index (χ0n) is 8.60. The van der Waals surface area contributed by atoms with E-state index in [1.165, 1.54) is 12.2 Å². The molecular formula is C9H15F3N2O. The van der Waals surface area contributed by atoms with Gasteiger partial charge in [-0.3, -0.25) is 4.79 Å². The van der Waals surface area contributed by atoms with Gasteiger partial charge in [0, 0.05) is 26.6 Å². The van der Waals surface area contributed by atoms with Gasteiger partial charge in [0.15, 0.2) is 0 Å². The second kappa shape index (κ2) is 4.83. The number of nitrogens with zero attached hydrogens (tertiary/aromatic N) is 1. The van der Waals surface area contributed by atoms with E-state index >= 15 is 0 Å². The van der Waals surface area contributed by atoms with E-state index in [9.17, 15) is 18.0 Å². The van der Waals surface area contributed by atoms with E-state index in [1.54, 1.807) is 4.90 Å². The van der Waals surface area contributed by atoms with Crippen LogP contribution in [0.25, 0.3) is 0 Å². The lowest BCUT2D eigenvalue weighted by molar-refractivity contribution is -0.159. The van der Waals surface area contributed by atoms with Crippen molar-refractivity contribution >= 4 is 5.91 Å². The molecule has 1 atom stereocenters. The molecule has 3 nitrogen and oxygen atoms in total. The van der Waals surface area contributed by atoms with Gasteiger partial charge in [-0.15, -0.1) is 0 Å². The fourth-order valence-electron chi connectivity index (χ4n) is 1.78. The maximum absolute atomic E-state index is 11.9. The van der Waals surface area contributed by atoms with Crippen LogP contribution in [0.3, 0.4) is 0 Å². The summed E-state index contributed by atoms with van der Waals surface area (Å²) in [6.07, 6.45) is -2.80. The van der Waals surface area contributed by atoms with Crippen LogP contribution < -0.4 is 5.32 Å². The summed E-state index contributed by atoms with van der Waals surface area (Å²) in [6.45, 7) is 2.43. The molecule has 1 saturated heterocycles. The minimum Gasteiger partial charge on any atom is -0.343 e. The first-order valence-electron chi connectivity index (χ1n) is 4.96. The van der Waals surface area contributed by atoms with Gasteiger partial charge in [-0.2, -0.15) is 13.2 Å². The van der Waals surface area contributed by atoms with Crippen LogP contribution in [0.15, 0.2) is 0 Å². The molecule has 0 saturated carbocycles. The molecule has 0 aromatic rings. The van der Waals surface area contributed by atoms with Gasteiger partial charge < -0.3 is 4.90 Å². The summed E-state index contributed by atoms with van der Waals surface area (Å²) in [5.41, 5.74) is 0. The predicted molar refractivity (Wildman–Crippen MR) is 49.0 cm³/mol. The van der Waals surface area contributed by atoms with Crippen molar-refractivity contribution in [1.82, 2.24) is 10.2 Å². The van der Waals surface area contributed by atoms with E-state index in [-0.39, 0.29) is 18.4 Å². The van der Waals surface area contributed by atoms with Crippen molar-refractivity contribution in [3.05, 3.63) is 0 Å². The summed E-state index contributed by atoms with van der Waals surface area (Å²) in [6, 6.07) is 0. The Morgan fingerprint density at radius 3 is 2.73 bits per heavy atom. The molecule has 1 heterocycles. The minimum absolute atomic E-state index is 0.0632. The minimum atomic E-state index is -4.32. The lowest BCUT2D eigenvalue weighted by atomic mass is 9.98. The number of carbonyl (C=O) groups is 1. The SMILES string of the molecule is CC(=O)N1CCC[C@H](CNC(F)(F)F)C1. The molecule has 0 aromatic carbocycles. The van der Waals surface area contributed by atoms with E-state index in [0.29, 0.717) is 13.1 Å². The number of halogens is 3. The molecule has 1 aliphatic rings. The van der Waals surface area contributed by atoms with Crippen molar-refractivity contribution in [2.24, 2.45) is 5.92 Å². The molecule has 0 radical (unpaired) electrons. The molecule has 88 valence electrons. The largest absolute Gasteiger partial charge is 0.457 e. The van der Waals surface area contributed by atoms with Gasteiger partial charge in [0.2, 0.25) is 5.91 Å². The first-order chi connectivity index (χ1) is 6.88. The number of rotatable bonds is 2. The number of amides is 1. The van der Waals surface area contributed by atoms with Crippen LogP contribution >= 0.6 is 0 Å². The van der Waals surface area contributed by atoms with Crippen molar-refractivity contribution in [3.63, 3.8) is 0 Å². The summed E-state index contributed by atoms with van der Waals surface area (Å²) < 4.78 is 35.6. The summed E-state index contributed by atoms with van der Waals surface area (Å²) in [5.74, 6) is -0.156. The van der Waals surface area contributed by atoms with Crippen molar-refractivity contribution in [2.75, 3.05) is 19.6 Å². The molecule has 0 unspecified atom stereocenters. The van der Waals surface area contributed by atoms with Crippen LogP contribution in [0.2, 0.25) is 0 Å². The van der Waals surface area contributed by atoms with Crippen molar-refractivity contribution < 1.29 is 18.0 Å². The third kappa shape index (κ3) is 4.51. The van der Waals surface area contributed by atoms with Gasteiger partial charge in [-0.25, -0.2) is 5.32 Å². The average Bonchev–Trinajstić information content (AvgIpc) is 2.14. The summed E-state index contributed by atoms with van der Waals surface area (Å²) >= 11 is 0. The van der Waals surface area contributed by atoms with E-state index in [0.717, 1.165) is 12.8 Å². The summed E-state index contributed by atoms with van der Waals surface area (Å²) in [4.78, 5) is 12.6. The Morgan fingerprint density at radius 2 is 2.20 bits per heavy atom. The molecule has 1 N–H and O–H groups in total. The molecule has 6 heteroatoms. The Morgan fingerprint density at radius 1 is 1.53 bits per heavy atom. The number of nitrogens with one attached hydrogen (secondary N) is 1. The van der Waals surface area contributed by atoms with Gasteiger partial charge in [-0.05, 0) is 18.8 Å². The summed E-state index contributed by atoms with van der Waals surface area (Å²) in [5, 5.41) is 1.51. The Balaban J connectivity index is 2.34. The fraction of sp³-hybridized carbons (Fsp3) is 0.889. The zero-order chi connectivity index (χ0) is 11.5. The molecule has 0 bridgehead atoms.